The van der Waals surface area contributed by atoms with Crippen LogP contribution < -0.4 is 20.7 Å². The molecular weight excluding hydrogens is 1810 g/mol. The molecule has 16 rings (SSSR count). The number of halogens is 2. The molecule has 0 atom stereocenters. The van der Waals surface area contributed by atoms with Crippen LogP contribution in [0.15, 0.2) is 202 Å². The van der Waals surface area contributed by atoms with Gasteiger partial charge in [0.25, 0.3) is 0 Å². The summed E-state index contributed by atoms with van der Waals surface area (Å²) in [5, 5.41) is 0. The fourth-order valence-corrected chi connectivity index (χ4v) is 25.2. The van der Waals surface area contributed by atoms with Gasteiger partial charge in [0.05, 0.1) is 33.2 Å². The van der Waals surface area contributed by atoms with Crippen LogP contribution in [0, 0.1) is 13.8 Å². The van der Waals surface area contributed by atoms with Crippen molar-refractivity contribution in [2.75, 3.05) is 36.0 Å². The van der Waals surface area contributed by atoms with Crippen molar-refractivity contribution >= 4 is 91.2 Å². The van der Waals surface area contributed by atoms with E-state index in [2.05, 4.69) is 413 Å². The van der Waals surface area contributed by atoms with E-state index >= 15 is 0 Å². The Balaban J connectivity index is 0.000000174. The third-order valence-electron chi connectivity index (χ3n) is 34.1. The molecule has 0 radical (unpaired) electrons. The molecule has 0 aromatic heterocycles. The Bertz CT molecular complexity index is 5710. The van der Waals surface area contributed by atoms with Gasteiger partial charge >= 0.3 is 14.2 Å². The zero-order chi connectivity index (χ0) is 99.3. The summed E-state index contributed by atoms with van der Waals surface area (Å²) in [5.74, 6) is 0. The second kappa shape index (κ2) is 44.0. The standard InChI is InChI=1S/C58H77N2.C41H64B2O4.C27H31Br2N2/c1-11-15-17-19-21-23-36-58(37-24-22-20-18-16-12-2)48-38-42(5)28-32-46(48)47-33-30-44(40-49(47)58)45-31-35-53-51(41-45)57(9,10)55(60(53)14-4)27-25-26-54-56(7,8)50-39-43(6)29-34-52(50)59(54)13-3;1-11-13-15-17-19-21-27-41(28-22-20-18-16-14-12-2)35-29-31(42-44-37(3,4)38(5,6)45-42)23-25-33(35)34-26-24-32(30-36(34)41)43-46-39(7,8)40(9,10)47-43;1-7-30-22-14-12-18(28)16-20(22)26(3,4)24(30)10-9-11-25-27(5,6)21-17-19(29)13-15-23(21)31(25)8-2/h25-35,38-41H,11-24,36-37H2,1-10H3;23-26,29-30H,11-22,27-28H2,1-10H3;9-17H,7-8H2,1-6H3/q+1;;+1. The van der Waals surface area contributed by atoms with Gasteiger partial charge in [0, 0.05) is 102 Å². The monoisotopic (exact) mass is 1990 g/mol. The molecule has 8 aromatic rings. The minimum Gasteiger partial charge on any atom is -0.399 e. The van der Waals surface area contributed by atoms with E-state index in [0.717, 1.165) is 58.9 Å². The van der Waals surface area contributed by atoms with Crippen LogP contribution in [0.2, 0.25) is 0 Å². The van der Waals surface area contributed by atoms with Crippen molar-refractivity contribution in [3.63, 3.8) is 0 Å². The van der Waals surface area contributed by atoms with E-state index in [4.69, 9.17) is 18.6 Å². The number of rotatable bonds is 39. The molecule has 2 aliphatic carbocycles. The molecule has 8 nitrogen and oxygen atoms in total. The lowest BCUT2D eigenvalue weighted by molar-refractivity contribution is -0.433. The normalized spacial score (nSPS) is 19.4. The molecule has 0 unspecified atom stereocenters. The predicted molar refractivity (Wildman–Crippen MR) is 602 cm³/mol. The number of likely N-dealkylation sites (N-methyl/N-ethyl adjacent to an activating group) is 2. The van der Waals surface area contributed by atoms with Crippen molar-refractivity contribution in [2.24, 2.45) is 0 Å². The van der Waals surface area contributed by atoms with Crippen LogP contribution in [-0.2, 0) is 51.1 Å². The number of fused-ring (bicyclic) bond motifs is 10. The molecule has 6 heterocycles. The Labute approximate surface area is 854 Å². The van der Waals surface area contributed by atoms with Gasteiger partial charge in [0.15, 0.2) is 11.4 Å². The summed E-state index contributed by atoms with van der Waals surface area (Å²) in [4.78, 5) is 4.95. The number of aryl methyl sites for hydroxylation is 2. The molecule has 2 fully saturated rings. The predicted octanol–water partition coefficient (Wildman–Crippen LogP) is 34.3. The quantitative estimate of drug-likeness (QED) is 0.0217. The van der Waals surface area contributed by atoms with Gasteiger partial charge in [-0.3, -0.25) is 0 Å². The molecule has 0 amide bonds. The summed E-state index contributed by atoms with van der Waals surface area (Å²) < 4.78 is 33.7. The zero-order valence-corrected chi connectivity index (χ0v) is 93.5. The van der Waals surface area contributed by atoms with Crippen LogP contribution in [0.3, 0.4) is 0 Å². The molecule has 0 bridgehead atoms. The maximum Gasteiger partial charge on any atom is 0.494 e. The number of benzene rings is 8. The lowest BCUT2D eigenvalue weighted by Gasteiger charge is -2.33. The van der Waals surface area contributed by atoms with Gasteiger partial charge in [-0.05, 0) is 295 Å². The molecule has 8 aliphatic rings. The summed E-state index contributed by atoms with van der Waals surface area (Å²) in [5.41, 5.74) is 34.2. The summed E-state index contributed by atoms with van der Waals surface area (Å²) in [6, 6.07) is 56.6. The number of nitrogens with zero attached hydrogens (tertiary/aromatic N) is 4. The van der Waals surface area contributed by atoms with E-state index in [-0.39, 0.29) is 69.1 Å². The summed E-state index contributed by atoms with van der Waals surface area (Å²) in [6.07, 6.45) is 50.6. The average molecular weight is 1990 g/mol. The third-order valence-corrected chi connectivity index (χ3v) is 35.1. The van der Waals surface area contributed by atoms with Crippen LogP contribution in [0.4, 0.5) is 22.7 Å². The average Bonchev–Trinajstić information content (AvgIpc) is 1.56. The first kappa shape index (κ1) is 106. The second-order valence-electron chi connectivity index (χ2n) is 46.0. The lowest BCUT2D eigenvalue weighted by atomic mass is 9.67. The van der Waals surface area contributed by atoms with Gasteiger partial charge < -0.3 is 28.4 Å². The second-order valence-corrected chi connectivity index (χ2v) is 47.8. The molecule has 8 aromatic carbocycles. The van der Waals surface area contributed by atoms with Crippen molar-refractivity contribution in [2.45, 2.75) is 415 Å². The number of hydrogen-bond acceptors (Lipinski definition) is 6. The first-order valence-corrected chi connectivity index (χ1v) is 56.1. The fraction of sp³-hybridized carbons (Fsp3) is 0.540. The largest absolute Gasteiger partial charge is 0.494 e. The highest BCUT2D eigenvalue weighted by Crippen LogP contribution is 2.59. The fourth-order valence-electron chi connectivity index (χ4n) is 24.5. The zero-order valence-electron chi connectivity index (χ0n) is 90.3. The summed E-state index contributed by atoms with van der Waals surface area (Å²) in [7, 11) is -0.731. The van der Waals surface area contributed by atoms with Crippen molar-refractivity contribution in [1.29, 1.82) is 0 Å². The molecule has 2 saturated heterocycles. The summed E-state index contributed by atoms with van der Waals surface area (Å²) in [6.45, 7) is 62.7. The lowest BCUT2D eigenvalue weighted by Crippen LogP contribution is -2.41. The van der Waals surface area contributed by atoms with E-state index < -0.39 is 0 Å². The smallest absolute Gasteiger partial charge is 0.399 e. The molecular formula is C126H172B2Br2N4O4+2. The van der Waals surface area contributed by atoms with Gasteiger partial charge in [0.1, 0.15) is 13.1 Å². The summed E-state index contributed by atoms with van der Waals surface area (Å²) >= 11 is 7.32. The maximum atomic E-state index is 6.60. The minimum absolute atomic E-state index is 0.0341. The van der Waals surface area contributed by atoms with Crippen LogP contribution >= 0.6 is 31.9 Å². The van der Waals surface area contributed by atoms with E-state index in [0.29, 0.717) is 0 Å². The molecule has 0 N–H and O–H groups in total. The Kier molecular flexibility index (Phi) is 33.9. The number of allylic oxidation sites excluding steroid dienone is 8. The SMILES string of the molecule is CCCCCCCCC1(CCCCCCCC)c2cc(B3OC(C)(C)C(C)(C)O3)ccc2-c2ccc(B3OC(C)(C)C(C)(C)O3)cc21.CCCCCCCCC1(CCCCCCCC)c2cc(C)ccc2-c2ccc(-c3ccc4c(c3)C(C)(C)C(C=CC=C3N(CC)c5ccc(C)cc5C3(C)C)=[N+]4CC)cc21.CCN1/C(=C/C=C/C2=[N+](CC)c3ccc(Br)cc3C2(C)C)C(C)(C)c2cc(Br)ccc21. The Morgan fingerprint density at radius 3 is 0.993 bits per heavy atom. The number of anilines is 2. The highest BCUT2D eigenvalue weighted by Gasteiger charge is 2.56. The molecule has 138 heavy (non-hydrogen) atoms. The van der Waals surface area contributed by atoms with E-state index in [1.165, 1.54) is 290 Å². The number of hydrogen-bond donors (Lipinski definition) is 0. The Morgan fingerprint density at radius 2 is 0.601 bits per heavy atom. The molecule has 6 aliphatic heterocycles. The molecule has 12 heteroatoms. The van der Waals surface area contributed by atoms with Crippen molar-refractivity contribution < 1.29 is 27.8 Å². The highest BCUT2D eigenvalue weighted by atomic mass is 79.9. The van der Waals surface area contributed by atoms with Gasteiger partial charge in [-0.15, -0.1) is 0 Å². The first-order valence-electron chi connectivity index (χ1n) is 54.5. The first-order chi connectivity index (χ1) is 65.7. The number of unbranched alkanes of at least 4 members (excludes halogenated alkanes) is 20. The van der Waals surface area contributed by atoms with Crippen molar-refractivity contribution in [3.05, 3.63) is 258 Å². The Morgan fingerprint density at radius 1 is 0.304 bits per heavy atom. The van der Waals surface area contributed by atoms with E-state index in [9.17, 15) is 0 Å². The Hall–Kier alpha value is -7.41. The van der Waals surface area contributed by atoms with Crippen molar-refractivity contribution in [1.82, 2.24) is 0 Å². The highest BCUT2D eigenvalue weighted by molar-refractivity contribution is 9.10. The topological polar surface area (TPSA) is 49.4 Å². The molecule has 738 valence electrons. The van der Waals surface area contributed by atoms with E-state index in [1.807, 2.05) is 0 Å². The van der Waals surface area contributed by atoms with Crippen molar-refractivity contribution in [3.8, 4) is 33.4 Å². The van der Waals surface area contributed by atoms with Gasteiger partial charge in [0.2, 0.25) is 11.4 Å². The van der Waals surface area contributed by atoms with Gasteiger partial charge in [-0.2, -0.15) is 9.15 Å². The molecule has 0 spiro atoms. The van der Waals surface area contributed by atoms with Crippen LogP contribution in [0.25, 0.3) is 33.4 Å². The van der Waals surface area contributed by atoms with Gasteiger partial charge in [-0.1, -0.05) is 343 Å². The van der Waals surface area contributed by atoms with Crippen LogP contribution in [-0.4, -0.2) is 83.4 Å². The minimum atomic E-state index is -0.370. The van der Waals surface area contributed by atoms with Crippen LogP contribution in [0.5, 0.6) is 0 Å². The third kappa shape index (κ3) is 21.2. The molecule has 0 saturated carbocycles. The van der Waals surface area contributed by atoms with Crippen LogP contribution in [0.1, 0.15) is 402 Å². The van der Waals surface area contributed by atoms with Gasteiger partial charge in [-0.25, -0.2) is 0 Å². The van der Waals surface area contributed by atoms with E-state index in [1.54, 1.807) is 11.1 Å². The maximum absolute atomic E-state index is 6.60.